The van der Waals surface area contributed by atoms with Crippen LogP contribution in [0.2, 0.25) is 0 Å². The van der Waals surface area contributed by atoms with Crippen molar-refractivity contribution in [2.75, 3.05) is 6.61 Å². The Morgan fingerprint density at radius 1 is 0.842 bits per heavy atom. The molecular weight excluding hydrogens is 248 g/mol. The SMILES string of the molecule is CCO[C@H]1C[C@H]2O[C@H]2C[C@H]2O[C@@H]1C[C@@H]1O[C@@H]1C[C@@H]2O. The largest absolute Gasteiger partial charge is 0.390 e. The van der Waals surface area contributed by atoms with E-state index in [9.17, 15) is 5.11 Å². The summed E-state index contributed by atoms with van der Waals surface area (Å²) in [4.78, 5) is 0. The molecule has 2 bridgehead atoms. The molecule has 4 fully saturated rings. The summed E-state index contributed by atoms with van der Waals surface area (Å²) in [5, 5.41) is 10.3. The second kappa shape index (κ2) is 4.67. The van der Waals surface area contributed by atoms with Crippen LogP contribution in [-0.2, 0) is 18.9 Å². The summed E-state index contributed by atoms with van der Waals surface area (Å²) in [5.74, 6) is 0. The Hall–Kier alpha value is -0.200. The first-order valence-electron chi connectivity index (χ1n) is 7.50. The Morgan fingerprint density at radius 3 is 2.16 bits per heavy atom. The molecule has 5 heteroatoms. The van der Waals surface area contributed by atoms with E-state index >= 15 is 0 Å². The molecule has 0 saturated carbocycles. The fraction of sp³-hybridized carbons (Fsp3) is 1.00. The predicted molar refractivity (Wildman–Crippen MR) is 65.9 cm³/mol. The molecule has 0 spiro atoms. The van der Waals surface area contributed by atoms with Crippen LogP contribution in [0, 0.1) is 0 Å². The van der Waals surface area contributed by atoms with Crippen LogP contribution in [0.4, 0.5) is 0 Å². The van der Waals surface area contributed by atoms with Gasteiger partial charge in [-0.3, -0.25) is 0 Å². The fourth-order valence-corrected chi connectivity index (χ4v) is 3.63. The molecule has 4 heterocycles. The summed E-state index contributed by atoms with van der Waals surface area (Å²) in [6.45, 7) is 2.69. The van der Waals surface area contributed by atoms with Crippen LogP contribution in [-0.4, -0.2) is 60.5 Å². The van der Waals surface area contributed by atoms with Gasteiger partial charge in [0, 0.05) is 32.3 Å². The van der Waals surface area contributed by atoms with Crippen LogP contribution in [0.5, 0.6) is 0 Å². The average molecular weight is 270 g/mol. The molecule has 0 aliphatic carbocycles. The number of fused-ring (bicyclic) bond motifs is 4. The van der Waals surface area contributed by atoms with Gasteiger partial charge in [0.2, 0.25) is 0 Å². The zero-order valence-corrected chi connectivity index (χ0v) is 11.2. The van der Waals surface area contributed by atoms with E-state index in [2.05, 4.69) is 0 Å². The van der Waals surface area contributed by atoms with Gasteiger partial charge in [0.15, 0.2) is 0 Å². The Labute approximate surface area is 113 Å². The monoisotopic (exact) mass is 270 g/mol. The van der Waals surface area contributed by atoms with Crippen molar-refractivity contribution in [2.45, 2.75) is 81.4 Å². The lowest BCUT2D eigenvalue weighted by Gasteiger charge is -2.35. The molecular formula is C14H22O5. The average Bonchev–Trinajstić information content (AvgIpc) is 3.23. The van der Waals surface area contributed by atoms with E-state index in [1.54, 1.807) is 0 Å². The molecule has 0 aromatic heterocycles. The predicted octanol–water partition coefficient (Wildman–Crippen LogP) is 0.629. The molecule has 4 rings (SSSR count). The highest BCUT2D eigenvalue weighted by Gasteiger charge is 2.52. The highest BCUT2D eigenvalue weighted by molar-refractivity contribution is 5.00. The highest BCUT2D eigenvalue weighted by Crippen LogP contribution is 2.42. The van der Waals surface area contributed by atoms with Gasteiger partial charge in [0.1, 0.15) is 0 Å². The van der Waals surface area contributed by atoms with Gasteiger partial charge in [-0.15, -0.1) is 0 Å². The summed E-state index contributed by atoms with van der Waals surface area (Å²) in [6, 6.07) is 0. The molecule has 8 atom stereocenters. The zero-order valence-electron chi connectivity index (χ0n) is 11.2. The maximum absolute atomic E-state index is 10.3. The molecule has 0 amide bonds. The van der Waals surface area contributed by atoms with Crippen molar-refractivity contribution >= 4 is 0 Å². The summed E-state index contributed by atoms with van der Waals surface area (Å²) in [5.41, 5.74) is 0. The van der Waals surface area contributed by atoms with E-state index in [0.717, 1.165) is 19.3 Å². The lowest BCUT2D eigenvalue weighted by Crippen LogP contribution is -2.45. The van der Waals surface area contributed by atoms with Crippen molar-refractivity contribution in [3.8, 4) is 0 Å². The third-order valence-corrected chi connectivity index (χ3v) is 4.82. The summed E-state index contributed by atoms with van der Waals surface area (Å²) < 4.78 is 23.4. The van der Waals surface area contributed by atoms with Crippen molar-refractivity contribution in [3.05, 3.63) is 0 Å². The number of ether oxygens (including phenoxy) is 4. The van der Waals surface area contributed by atoms with Crippen LogP contribution in [0.25, 0.3) is 0 Å². The van der Waals surface area contributed by atoms with E-state index in [0.29, 0.717) is 19.1 Å². The summed E-state index contributed by atoms with van der Waals surface area (Å²) in [6.07, 6.45) is 3.83. The third kappa shape index (κ3) is 2.43. The van der Waals surface area contributed by atoms with Crippen LogP contribution in [0.1, 0.15) is 32.6 Å². The van der Waals surface area contributed by atoms with E-state index in [-0.39, 0.29) is 36.6 Å². The standard InChI is InChI=1S/C14H22O5/c1-2-16-9-5-13-12(19-13)4-8-7(15)3-10-14(18-10)6-11(9)17-8/h7-15H,2-6H2,1H3/t7-,8+,9-,10+,11+,12-,13+,14-/m0/s1. The molecule has 108 valence electrons. The van der Waals surface area contributed by atoms with Gasteiger partial charge in [-0.05, 0) is 6.92 Å². The first-order valence-corrected chi connectivity index (χ1v) is 7.50. The lowest BCUT2D eigenvalue weighted by atomic mass is 9.91. The molecule has 1 N–H and O–H groups in total. The topological polar surface area (TPSA) is 63.8 Å². The Bertz CT molecular complexity index is 349. The first kappa shape index (κ1) is 12.5. The van der Waals surface area contributed by atoms with Gasteiger partial charge in [-0.25, -0.2) is 0 Å². The molecule has 19 heavy (non-hydrogen) atoms. The summed E-state index contributed by atoms with van der Waals surface area (Å²) >= 11 is 0. The number of hydrogen-bond donors (Lipinski definition) is 1. The number of hydrogen-bond acceptors (Lipinski definition) is 5. The number of aliphatic hydroxyl groups is 1. The number of rotatable bonds is 2. The van der Waals surface area contributed by atoms with E-state index in [1.807, 2.05) is 6.92 Å². The normalized spacial score (nSPS) is 55.9. The first-order chi connectivity index (χ1) is 9.24. The van der Waals surface area contributed by atoms with Crippen molar-refractivity contribution in [3.63, 3.8) is 0 Å². The fourth-order valence-electron chi connectivity index (χ4n) is 3.63. The lowest BCUT2D eigenvalue weighted by molar-refractivity contribution is -0.145. The third-order valence-electron chi connectivity index (χ3n) is 4.82. The Balaban J connectivity index is 1.55. The minimum atomic E-state index is -0.442. The van der Waals surface area contributed by atoms with Gasteiger partial charge in [0.05, 0.1) is 48.8 Å². The maximum atomic E-state index is 10.3. The van der Waals surface area contributed by atoms with Crippen LogP contribution in [0.3, 0.4) is 0 Å². The Kier molecular flexibility index (Phi) is 3.08. The van der Waals surface area contributed by atoms with Crippen molar-refractivity contribution in [1.82, 2.24) is 0 Å². The molecule has 0 aromatic rings. The molecule has 4 saturated heterocycles. The van der Waals surface area contributed by atoms with Gasteiger partial charge < -0.3 is 24.1 Å². The van der Waals surface area contributed by atoms with Crippen molar-refractivity contribution in [2.24, 2.45) is 0 Å². The second-order valence-corrected chi connectivity index (χ2v) is 6.14. The maximum Gasteiger partial charge on any atom is 0.0868 e. The molecule has 4 aliphatic rings. The molecule has 0 unspecified atom stereocenters. The minimum Gasteiger partial charge on any atom is -0.390 e. The summed E-state index contributed by atoms with van der Waals surface area (Å²) in [7, 11) is 0. The molecule has 4 aliphatic heterocycles. The molecule has 0 aromatic carbocycles. The van der Waals surface area contributed by atoms with Crippen LogP contribution >= 0.6 is 0 Å². The quantitative estimate of drug-likeness (QED) is 0.746. The Morgan fingerprint density at radius 2 is 1.42 bits per heavy atom. The smallest absolute Gasteiger partial charge is 0.0868 e. The van der Waals surface area contributed by atoms with Gasteiger partial charge >= 0.3 is 0 Å². The van der Waals surface area contributed by atoms with Crippen LogP contribution < -0.4 is 0 Å². The van der Waals surface area contributed by atoms with Gasteiger partial charge in [0.25, 0.3) is 0 Å². The van der Waals surface area contributed by atoms with Crippen LogP contribution in [0.15, 0.2) is 0 Å². The zero-order chi connectivity index (χ0) is 13.0. The number of epoxide rings is 2. The molecule has 5 nitrogen and oxygen atoms in total. The highest BCUT2D eigenvalue weighted by atomic mass is 16.6. The number of aliphatic hydroxyl groups excluding tert-OH is 1. The van der Waals surface area contributed by atoms with Crippen molar-refractivity contribution in [1.29, 1.82) is 0 Å². The van der Waals surface area contributed by atoms with Crippen molar-refractivity contribution < 1.29 is 24.1 Å². The second-order valence-electron chi connectivity index (χ2n) is 6.14. The van der Waals surface area contributed by atoms with E-state index in [4.69, 9.17) is 18.9 Å². The van der Waals surface area contributed by atoms with Gasteiger partial charge in [-0.1, -0.05) is 0 Å². The van der Waals surface area contributed by atoms with E-state index in [1.165, 1.54) is 0 Å². The van der Waals surface area contributed by atoms with E-state index < -0.39 is 6.10 Å². The molecule has 0 radical (unpaired) electrons. The van der Waals surface area contributed by atoms with Gasteiger partial charge in [-0.2, -0.15) is 0 Å². The minimum absolute atomic E-state index is 0.0278.